The number of piperidine rings is 1. The third-order valence-corrected chi connectivity index (χ3v) is 4.19. The molecular formula is C16H33N3O2. The van der Waals surface area contributed by atoms with Gasteiger partial charge in [-0.2, -0.15) is 0 Å². The van der Waals surface area contributed by atoms with Gasteiger partial charge < -0.3 is 20.6 Å². The minimum Gasteiger partial charge on any atom is -0.396 e. The van der Waals surface area contributed by atoms with Crippen molar-refractivity contribution < 1.29 is 9.90 Å². The van der Waals surface area contributed by atoms with Gasteiger partial charge in [0.2, 0.25) is 0 Å². The smallest absolute Gasteiger partial charge is 0.314 e. The predicted octanol–water partition coefficient (Wildman–Crippen LogP) is 1.82. The Balaban J connectivity index is 2.05. The molecule has 0 aliphatic carbocycles. The first kappa shape index (κ1) is 18.2. The Labute approximate surface area is 129 Å². The van der Waals surface area contributed by atoms with E-state index in [1.807, 2.05) is 13.8 Å². The SMILES string of the molecule is CC1CCCN(CCCNC(=O)NCC(C)(C)CCO)C1. The normalized spacial score (nSPS) is 20.3. The number of hydrogen-bond acceptors (Lipinski definition) is 3. The molecule has 1 unspecified atom stereocenters. The van der Waals surface area contributed by atoms with Crippen molar-refractivity contribution in [2.24, 2.45) is 11.3 Å². The quantitative estimate of drug-likeness (QED) is 0.599. The Hall–Kier alpha value is -0.810. The van der Waals surface area contributed by atoms with E-state index in [-0.39, 0.29) is 18.1 Å². The molecule has 0 aromatic carbocycles. The lowest BCUT2D eigenvalue weighted by Gasteiger charge is -2.30. The van der Waals surface area contributed by atoms with Crippen LogP contribution in [0.5, 0.6) is 0 Å². The monoisotopic (exact) mass is 299 g/mol. The Morgan fingerprint density at radius 2 is 2.14 bits per heavy atom. The highest BCUT2D eigenvalue weighted by Crippen LogP contribution is 2.17. The van der Waals surface area contributed by atoms with Gasteiger partial charge in [-0.15, -0.1) is 0 Å². The Bertz CT molecular complexity index is 308. The molecule has 0 aromatic heterocycles. The zero-order valence-corrected chi connectivity index (χ0v) is 14.0. The lowest BCUT2D eigenvalue weighted by atomic mass is 9.90. The minimum atomic E-state index is -0.104. The molecule has 1 heterocycles. The van der Waals surface area contributed by atoms with Gasteiger partial charge in [0.25, 0.3) is 0 Å². The summed E-state index contributed by atoms with van der Waals surface area (Å²) in [6, 6.07) is -0.104. The summed E-state index contributed by atoms with van der Waals surface area (Å²) in [6.07, 6.45) is 4.34. The molecule has 0 bridgehead atoms. The van der Waals surface area contributed by atoms with Crippen molar-refractivity contribution in [1.29, 1.82) is 0 Å². The first-order valence-corrected chi connectivity index (χ1v) is 8.28. The molecule has 1 aliphatic rings. The van der Waals surface area contributed by atoms with Crippen LogP contribution in [-0.2, 0) is 0 Å². The first-order valence-electron chi connectivity index (χ1n) is 8.28. The second kappa shape index (κ2) is 9.26. The van der Waals surface area contributed by atoms with Crippen LogP contribution in [0.15, 0.2) is 0 Å². The van der Waals surface area contributed by atoms with Crippen molar-refractivity contribution in [1.82, 2.24) is 15.5 Å². The number of aliphatic hydroxyl groups is 1. The molecule has 1 fully saturated rings. The molecule has 1 saturated heterocycles. The number of hydrogen-bond donors (Lipinski definition) is 3. The van der Waals surface area contributed by atoms with Crippen LogP contribution in [0.4, 0.5) is 4.79 Å². The summed E-state index contributed by atoms with van der Waals surface area (Å²) < 4.78 is 0. The molecule has 5 nitrogen and oxygen atoms in total. The number of aliphatic hydroxyl groups excluding tert-OH is 1. The summed E-state index contributed by atoms with van der Waals surface area (Å²) >= 11 is 0. The van der Waals surface area contributed by atoms with Gasteiger partial charge in [0.05, 0.1) is 0 Å². The molecule has 1 aliphatic heterocycles. The first-order chi connectivity index (χ1) is 9.93. The molecule has 5 heteroatoms. The number of nitrogens with one attached hydrogen (secondary N) is 2. The van der Waals surface area contributed by atoms with Crippen molar-refractivity contribution in [3.63, 3.8) is 0 Å². The highest BCUT2D eigenvalue weighted by Gasteiger charge is 2.18. The van der Waals surface area contributed by atoms with Gasteiger partial charge in [-0.3, -0.25) is 0 Å². The summed E-state index contributed by atoms with van der Waals surface area (Å²) in [5.41, 5.74) is -0.0595. The van der Waals surface area contributed by atoms with E-state index >= 15 is 0 Å². The van der Waals surface area contributed by atoms with E-state index in [0.29, 0.717) is 13.0 Å². The Morgan fingerprint density at radius 3 is 2.81 bits per heavy atom. The Morgan fingerprint density at radius 1 is 1.38 bits per heavy atom. The maximum absolute atomic E-state index is 11.7. The maximum Gasteiger partial charge on any atom is 0.314 e. The summed E-state index contributed by atoms with van der Waals surface area (Å²) in [4.78, 5) is 14.2. The van der Waals surface area contributed by atoms with Gasteiger partial charge in [-0.05, 0) is 50.1 Å². The minimum absolute atomic E-state index is 0.0595. The fourth-order valence-electron chi connectivity index (χ4n) is 2.77. The van der Waals surface area contributed by atoms with Gasteiger partial charge in [0.15, 0.2) is 0 Å². The number of carbonyl (C=O) groups is 1. The second-order valence-corrected chi connectivity index (χ2v) is 7.15. The molecule has 0 radical (unpaired) electrons. The highest BCUT2D eigenvalue weighted by atomic mass is 16.3. The molecule has 1 atom stereocenters. The van der Waals surface area contributed by atoms with E-state index in [9.17, 15) is 4.79 Å². The van der Waals surface area contributed by atoms with Crippen molar-refractivity contribution in [3.8, 4) is 0 Å². The fourth-order valence-corrected chi connectivity index (χ4v) is 2.77. The second-order valence-electron chi connectivity index (χ2n) is 7.15. The van der Waals surface area contributed by atoms with E-state index in [4.69, 9.17) is 5.11 Å². The van der Waals surface area contributed by atoms with Gasteiger partial charge in [0.1, 0.15) is 0 Å². The van der Waals surface area contributed by atoms with Crippen LogP contribution < -0.4 is 10.6 Å². The van der Waals surface area contributed by atoms with Gasteiger partial charge in [0, 0.05) is 26.2 Å². The largest absolute Gasteiger partial charge is 0.396 e. The van der Waals surface area contributed by atoms with E-state index in [0.717, 1.165) is 25.4 Å². The molecular weight excluding hydrogens is 266 g/mol. The van der Waals surface area contributed by atoms with Crippen LogP contribution in [0, 0.1) is 11.3 Å². The van der Waals surface area contributed by atoms with Crippen LogP contribution in [0.25, 0.3) is 0 Å². The number of likely N-dealkylation sites (tertiary alicyclic amines) is 1. The zero-order chi connectivity index (χ0) is 15.7. The summed E-state index contributed by atoms with van der Waals surface area (Å²) in [5.74, 6) is 0.809. The fraction of sp³-hybridized carbons (Fsp3) is 0.938. The average molecular weight is 299 g/mol. The molecule has 0 aromatic rings. The maximum atomic E-state index is 11.7. The molecule has 0 saturated carbocycles. The number of amides is 2. The highest BCUT2D eigenvalue weighted by molar-refractivity contribution is 5.73. The van der Waals surface area contributed by atoms with E-state index in [1.165, 1.54) is 25.9 Å². The summed E-state index contributed by atoms with van der Waals surface area (Å²) in [6.45, 7) is 11.3. The van der Waals surface area contributed by atoms with Gasteiger partial charge in [-0.25, -0.2) is 4.79 Å². The molecule has 1 rings (SSSR count). The standard InChI is InChI=1S/C16H33N3O2/c1-14-6-4-9-19(12-14)10-5-8-17-15(21)18-13-16(2,3)7-11-20/h14,20H,4-13H2,1-3H3,(H2,17,18,21). The Kier molecular flexibility index (Phi) is 8.04. The number of nitrogens with zero attached hydrogens (tertiary/aromatic N) is 1. The average Bonchev–Trinajstić information content (AvgIpc) is 2.42. The zero-order valence-electron chi connectivity index (χ0n) is 14.0. The molecule has 3 N–H and O–H groups in total. The number of urea groups is 1. The molecule has 124 valence electrons. The van der Waals surface area contributed by atoms with Crippen molar-refractivity contribution in [2.45, 2.75) is 46.5 Å². The topological polar surface area (TPSA) is 64.6 Å². The van der Waals surface area contributed by atoms with Crippen molar-refractivity contribution >= 4 is 6.03 Å². The predicted molar refractivity (Wildman–Crippen MR) is 86.3 cm³/mol. The van der Waals surface area contributed by atoms with E-state index < -0.39 is 0 Å². The van der Waals surface area contributed by atoms with E-state index in [2.05, 4.69) is 22.5 Å². The molecule has 0 spiro atoms. The molecule has 21 heavy (non-hydrogen) atoms. The molecule has 2 amide bonds. The van der Waals surface area contributed by atoms with Crippen molar-refractivity contribution in [3.05, 3.63) is 0 Å². The van der Waals surface area contributed by atoms with Crippen LogP contribution >= 0.6 is 0 Å². The van der Waals surface area contributed by atoms with Crippen LogP contribution in [0.2, 0.25) is 0 Å². The van der Waals surface area contributed by atoms with E-state index in [1.54, 1.807) is 0 Å². The van der Waals surface area contributed by atoms with Crippen LogP contribution in [0.3, 0.4) is 0 Å². The summed E-state index contributed by atoms with van der Waals surface area (Å²) in [5, 5.41) is 14.7. The van der Waals surface area contributed by atoms with Gasteiger partial charge >= 0.3 is 6.03 Å². The third kappa shape index (κ3) is 8.27. The third-order valence-electron chi connectivity index (χ3n) is 4.19. The number of rotatable bonds is 8. The number of carbonyl (C=O) groups excluding carboxylic acids is 1. The lowest BCUT2D eigenvalue weighted by molar-refractivity contribution is 0.181. The van der Waals surface area contributed by atoms with Crippen LogP contribution in [-0.4, -0.2) is 55.4 Å². The van der Waals surface area contributed by atoms with Crippen LogP contribution in [0.1, 0.15) is 46.5 Å². The van der Waals surface area contributed by atoms with Crippen molar-refractivity contribution in [2.75, 3.05) is 39.3 Å². The van der Waals surface area contributed by atoms with Gasteiger partial charge in [-0.1, -0.05) is 20.8 Å². The lowest BCUT2D eigenvalue weighted by Crippen LogP contribution is -2.42. The summed E-state index contributed by atoms with van der Waals surface area (Å²) in [7, 11) is 0.